The first-order valence-corrected chi connectivity index (χ1v) is 0. The maximum atomic E-state index is 0. The van der Waals surface area contributed by atoms with Crippen LogP contribution in [0.4, 0.5) is 0 Å². The van der Waals surface area contributed by atoms with Gasteiger partial charge in [-0.15, -0.1) is 0 Å². The third-order valence-corrected chi connectivity index (χ3v) is 0. The molecule has 0 aliphatic rings. The summed E-state index contributed by atoms with van der Waals surface area (Å²) < 4.78 is 0. The molecule has 0 aromatic rings. The molecule has 0 amide bonds. The first-order valence-electron chi connectivity index (χ1n) is 0. The topological polar surface area (TPSA) is 0 Å². The quantitative estimate of drug-likeness (QED) is 0.453. The second-order valence-corrected chi connectivity index (χ2v) is 0. The van der Waals surface area contributed by atoms with Crippen LogP contribution in [-0.2, 0) is 93.1 Å². The zero-order valence-electron chi connectivity index (χ0n) is 1.84. The molecule has 0 aromatic heterocycles. The van der Waals surface area contributed by atoms with Crippen molar-refractivity contribution in [2.45, 2.75) is 0 Å². The summed E-state index contributed by atoms with van der Waals surface area (Å²) in [4.78, 5) is 0. The molecular formula is CrCuMoNiW. The average molecular weight is 454 g/mol. The van der Waals surface area contributed by atoms with Crippen LogP contribution in [0.3, 0.4) is 0 Å². The van der Waals surface area contributed by atoms with Gasteiger partial charge >= 0.3 is 0 Å². The molecule has 1 radical (unpaired) electrons. The first-order chi connectivity index (χ1) is 0. The largest absolute Gasteiger partial charge is 0 e. The molecule has 0 heterocycles. The molecule has 0 bridgehead atoms. The molecule has 0 aliphatic heterocycles. The fourth-order valence-corrected chi connectivity index (χ4v) is 0. The van der Waals surface area contributed by atoms with Crippen LogP contribution in [0.1, 0.15) is 0 Å². The van der Waals surface area contributed by atoms with Crippen molar-refractivity contribution in [3.05, 3.63) is 0 Å². The Hall–Kier alpha value is 2.92. The van der Waals surface area contributed by atoms with E-state index in [1.165, 1.54) is 0 Å². The molecule has 0 spiro atoms. The smallest absolute Gasteiger partial charge is 0 e. The van der Waals surface area contributed by atoms with Gasteiger partial charge in [-0.05, 0) is 0 Å². The van der Waals surface area contributed by atoms with Crippen LogP contribution in [-0.4, -0.2) is 0 Å². The van der Waals surface area contributed by atoms with Crippen LogP contribution in [0.25, 0.3) is 0 Å². The number of hydrogen-bond acceptors (Lipinski definition) is 0. The van der Waals surface area contributed by atoms with Crippen molar-refractivity contribution in [2.75, 3.05) is 0 Å². The first kappa shape index (κ1) is 44.5. The van der Waals surface area contributed by atoms with Gasteiger partial charge < -0.3 is 0 Å². The van der Waals surface area contributed by atoms with E-state index in [1.54, 1.807) is 0 Å². The van der Waals surface area contributed by atoms with E-state index in [2.05, 4.69) is 0 Å². The Labute approximate surface area is 91.7 Å². The van der Waals surface area contributed by atoms with E-state index in [0.717, 1.165) is 0 Å². The Bertz CT molecular complexity index is 11.6. The Morgan fingerprint density at radius 2 is 1.00 bits per heavy atom. The second-order valence-electron chi connectivity index (χ2n) is 0. The molecule has 0 saturated carbocycles. The van der Waals surface area contributed by atoms with Crippen LogP contribution >= 0.6 is 0 Å². The van der Waals surface area contributed by atoms with Crippen molar-refractivity contribution < 1.29 is 93.1 Å². The number of rotatable bonds is 0. The fourth-order valence-electron chi connectivity index (χ4n) is 0. The molecule has 0 fully saturated rings. The van der Waals surface area contributed by atoms with Gasteiger partial charge in [0.1, 0.15) is 0 Å². The molecule has 0 aromatic carbocycles. The standard InChI is InChI=1S/Cr.Cu.Mo.Ni.W. The van der Waals surface area contributed by atoms with Crippen molar-refractivity contribution in [1.29, 1.82) is 0 Å². The normalized spacial score (nSPS) is 0. The Kier molecular flexibility index (Phi) is 253. The predicted molar refractivity (Wildman–Crippen MR) is 0 cm³/mol. The van der Waals surface area contributed by atoms with Crippen molar-refractivity contribution >= 4 is 0 Å². The average Bonchev–Trinajstić information content (AvgIpc) is 0. The summed E-state index contributed by atoms with van der Waals surface area (Å²) in [5, 5.41) is 0. The third kappa shape index (κ3) is 19.6. The van der Waals surface area contributed by atoms with Crippen molar-refractivity contribution in [1.82, 2.24) is 0 Å². The van der Waals surface area contributed by atoms with Crippen LogP contribution in [0.2, 0.25) is 0 Å². The summed E-state index contributed by atoms with van der Waals surface area (Å²) in [5.74, 6) is 0. The third-order valence-electron chi connectivity index (χ3n) is 0. The minimum atomic E-state index is 0. The molecule has 0 atom stereocenters. The summed E-state index contributed by atoms with van der Waals surface area (Å²) in [6.45, 7) is 0. The Morgan fingerprint density at radius 3 is 1.00 bits per heavy atom. The molecule has 0 saturated heterocycles. The van der Waals surface area contributed by atoms with Gasteiger partial charge in [0.2, 0.25) is 0 Å². The molecule has 0 rings (SSSR count). The molecular weight excluding hydrogens is 454 g/mol. The van der Waals surface area contributed by atoms with Gasteiger partial charge in [-0.25, -0.2) is 0 Å². The second kappa shape index (κ2) is 28.4. The van der Waals surface area contributed by atoms with Gasteiger partial charge in [0, 0.05) is 93.1 Å². The van der Waals surface area contributed by atoms with E-state index in [4.69, 9.17) is 0 Å². The monoisotopic (exact) mass is 455 g/mol. The van der Waals surface area contributed by atoms with Gasteiger partial charge in [-0.3, -0.25) is 0 Å². The maximum Gasteiger partial charge on any atom is 0 e. The summed E-state index contributed by atoms with van der Waals surface area (Å²) in [6, 6.07) is 0. The van der Waals surface area contributed by atoms with Gasteiger partial charge in [0.05, 0.1) is 0 Å². The van der Waals surface area contributed by atoms with Gasteiger partial charge in [0.25, 0.3) is 0 Å². The zero-order chi connectivity index (χ0) is 0. The van der Waals surface area contributed by atoms with E-state index in [1.807, 2.05) is 0 Å². The van der Waals surface area contributed by atoms with E-state index in [-0.39, 0.29) is 93.1 Å². The van der Waals surface area contributed by atoms with E-state index in [9.17, 15) is 0 Å². The molecule has 0 N–H and O–H groups in total. The van der Waals surface area contributed by atoms with E-state index in [0.29, 0.717) is 0 Å². The molecule has 5 heteroatoms. The summed E-state index contributed by atoms with van der Waals surface area (Å²) in [5.41, 5.74) is 0. The summed E-state index contributed by atoms with van der Waals surface area (Å²) in [6.07, 6.45) is 0. The van der Waals surface area contributed by atoms with Gasteiger partial charge in [0.15, 0.2) is 0 Å². The van der Waals surface area contributed by atoms with Crippen molar-refractivity contribution in [2.24, 2.45) is 0 Å². The van der Waals surface area contributed by atoms with Crippen molar-refractivity contribution in [3.63, 3.8) is 0 Å². The minimum Gasteiger partial charge on any atom is 0 e. The number of hydrogen-bond donors (Lipinski definition) is 0. The van der Waals surface area contributed by atoms with Crippen LogP contribution < -0.4 is 0 Å². The van der Waals surface area contributed by atoms with E-state index < -0.39 is 0 Å². The minimum absolute atomic E-state index is 0. The Morgan fingerprint density at radius 1 is 1.00 bits per heavy atom. The van der Waals surface area contributed by atoms with Crippen molar-refractivity contribution in [3.8, 4) is 0 Å². The summed E-state index contributed by atoms with van der Waals surface area (Å²) >= 11 is 0. The maximum absolute atomic E-state index is 0. The fraction of sp³-hybridized carbons (Fsp3) is 0. The zero-order valence-corrected chi connectivity index (χ0v) is 9.99. The van der Waals surface area contributed by atoms with E-state index >= 15 is 0 Å². The molecule has 0 unspecified atom stereocenters. The van der Waals surface area contributed by atoms with Gasteiger partial charge in [-0.2, -0.15) is 0 Å². The molecule has 5 heavy (non-hydrogen) atoms. The molecule has 0 nitrogen and oxygen atoms in total. The SMILES string of the molecule is [Cr].[Cu].[Mo].[Ni].[W]. The van der Waals surface area contributed by atoms with Crippen LogP contribution in [0, 0.1) is 0 Å². The molecule has 39 valence electrons. The Balaban J connectivity index is 0. The van der Waals surface area contributed by atoms with Crippen LogP contribution in [0.5, 0.6) is 0 Å². The summed E-state index contributed by atoms with van der Waals surface area (Å²) in [7, 11) is 0. The predicted octanol–water partition coefficient (Wildman–Crippen LogP) is -0.0125. The van der Waals surface area contributed by atoms with Crippen LogP contribution in [0.15, 0.2) is 0 Å². The van der Waals surface area contributed by atoms with Gasteiger partial charge in [-0.1, -0.05) is 0 Å². The molecule has 0 aliphatic carbocycles.